The smallest absolute Gasteiger partial charge is 0.317 e. The van der Waals surface area contributed by atoms with Gasteiger partial charge in [-0.3, -0.25) is 9.69 Å². The Hall–Kier alpha value is -1.30. The Labute approximate surface area is 126 Å². The molecule has 1 aliphatic carbocycles. The van der Waals surface area contributed by atoms with Crippen LogP contribution in [0.2, 0.25) is 0 Å². The first-order chi connectivity index (χ1) is 9.99. The molecule has 1 saturated heterocycles. The van der Waals surface area contributed by atoms with Crippen LogP contribution < -0.4 is 5.32 Å². The van der Waals surface area contributed by atoms with Gasteiger partial charge in [-0.15, -0.1) is 0 Å². The molecule has 2 amide bonds. The number of hydrogen-bond donors (Lipinski definition) is 2. The van der Waals surface area contributed by atoms with Crippen LogP contribution in [0.3, 0.4) is 0 Å². The van der Waals surface area contributed by atoms with Gasteiger partial charge in [0.15, 0.2) is 0 Å². The van der Waals surface area contributed by atoms with E-state index < -0.39 is 5.97 Å². The fourth-order valence-electron chi connectivity index (χ4n) is 3.32. The summed E-state index contributed by atoms with van der Waals surface area (Å²) in [4.78, 5) is 26.8. The number of nitrogens with one attached hydrogen (secondary N) is 1. The standard InChI is InChI=1S/C15H27N3O3/c1-3-17(10-14(19)20)13-7-12(8-13)16-15(21)18-6-4-5-11(2)9-18/h11-13H,3-10H2,1-2H3,(H,16,21)(H,19,20). The van der Waals surface area contributed by atoms with Crippen molar-refractivity contribution in [3.8, 4) is 0 Å². The lowest BCUT2D eigenvalue weighted by Gasteiger charge is -2.43. The summed E-state index contributed by atoms with van der Waals surface area (Å²) in [6.45, 7) is 6.69. The second-order valence-electron chi connectivity index (χ2n) is 6.42. The van der Waals surface area contributed by atoms with Gasteiger partial charge >= 0.3 is 12.0 Å². The Morgan fingerprint density at radius 1 is 1.38 bits per heavy atom. The van der Waals surface area contributed by atoms with Gasteiger partial charge < -0.3 is 15.3 Å². The van der Waals surface area contributed by atoms with Crippen LogP contribution >= 0.6 is 0 Å². The molecule has 1 unspecified atom stereocenters. The van der Waals surface area contributed by atoms with E-state index in [1.54, 1.807) is 0 Å². The molecular formula is C15H27N3O3. The molecule has 1 aliphatic heterocycles. The van der Waals surface area contributed by atoms with Crippen molar-refractivity contribution >= 4 is 12.0 Å². The van der Waals surface area contributed by atoms with Gasteiger partial charge in [0, 0.05) is 25.2 Å². The summed E-state index contributed by atoms with van der Waals surface area (Å²) in [7, 11) is 0. The third kappa shape index (κ3) is 4.33. The molecular weight excluding hydrogens is 270 g/mol. The molecule has 0 radical (unpaired) electrons. The average Bonchev–Trinajstić information content (AvgIpc) is 2.39. The van der Waals surface area contributed by atoms with E-state index in [0.717, 1.165) is 38.9 Å². The zero-order valence-electron chi connectivity index (χ0n) is 13.0. The van der Waals surface area contributed by atoms with Crippen LogP contribution in [0.15, 0.2) is 0 Å². The number of nitrogens with zero attached hydrogens (tertiary/aromatic N) is 2. The molecule has 21 heavy (non-hydrogen) atoms. The fraction of sp³-hybridized carbons (Fsp3) is 0.867. The van der Waals surface area contributed by atoms with Gasteiger partial charge in [0.2, 0.25) is 0 Å². The zero-order valence-corrected chi connectivity index (χ0v) is 13.0. The molecule has 120 valence electrons. The normalized spacial score (nSPS) is 29.1. The summed E-state index contributed by atoms with van der Waals surface area (Å²) >= 11 is 0. The van der Waals surface area contributed by atoms with Crippen LogP contribution in [0.25, 0.3) is 0 Å². The SMILES string of the molecule is CCN(CC(=O)O)C1CC(NC(=O)N2CCCC(C)C2)C1. The van der Waals surface area contributed by atoms with Crippen LogP contribution in [0.4, 0.5) is 4.79 Å². The van der Waals surface area contributed by atoms with Gasteiger partial charge in [-0.25, -0.2) is 4.79 Å². The van der Waals surface area contributed by atoms with Gasteiger partial charge in [-0.1, -0.05) is 13.8 Å². The first-order valence-corrected chi connectivity index (χ1v) is 8.00. The average molecular weight is 297 g/mol. The molecule has 0 aromatic rings. The van der Waals surface area contributed by atoms with Gasteiger partial charge in [-0.05, 0) is 38.1 Å². The zero-order chi connectivity index (χ0) is 15.4. The molecule has 2 fully saturated rings. The Morgan fingerprint density at radius 3 is 2.67 bits per heavy atom. The molecule has 6 nitrogen and oxygen atoms in total. The van der Waals surface area contributed by atoms with Crippen molar-refractivity contribution in [1.29, 1.82) is 0 Å². The predicted molar refractivity (Wildman–Crippen MR) is 80.2 cm³/mol. The molecule has 1 atom stereocenters. The molecule has 0 bridgehead atoms. The Balaban J connectivity index is 1.72. The quantitative estimate of drug-likeness (QED) is 0.804. The Morgan fingerprint density at radius 2 is 2.10 bits per heavy atom. The second-order valence-corrected chi connectivity index (χ2v) is 6.42. The van der Waals surface area contributed by atoms with E-state index in [1.807, 2.05) is 16.7 Å². The van der Waals surface area contributed by atoms with Crippen molar-refractivity contribution < 1.29 is 14.7 Å². The number of likely N-dealkylation sites (N-methyl/N-ethyl adjacent to an activating group) is 1. The third-order valence-corrected chi connectivity index (χ3v) is 4.65. The molecule has 0 aromatic carbocycles. The molecule has 1 saturated carbocycles. The van der Waals surface area contributed by atoms with Gasteiger partial charge in [0.25, 0.3) is 0 Å². The lowest BCUT2D eigenvalue weighted by atomic mass is 9.85. The highest BCUT2D eigenvalue weighted by Crippen LogP contribution is 2.26. The Bertz CT molecular complexity index is 382. The van der Waals surface area contributed by atoms with Crippen molar-refractivity contribution in [3.05, 3.63) is 0 Å². The molecule has 0 aromatic heterocycles. The second kappa shape index (κ2) is 7.11. The van der Waals surface area contributed by atoms with Crippen molar-refractivity contribution in [2.75, 3.05) is 26.2 Å². The number of likely N-dealkylation sites (tertiary alicyclic amines) is 1. The molecule has 2 N–H and O–H groups in total. The van der Waals surface area contributed by atoms with Crippen LogP contribution in [0, 0.1) is 5.92 Å². The number of urea groups is 1. The van der Waals surface area contributed by atoms with Gasteiger partial charge in [-0.2, -0.15) is 0 Å². The largest absolute Gasteiger partial charge is 0.480 e. The monoisotopic (exact) mass is 297 g/mol. The fourth-order valence-corrected chi connectivity index (χ4v) is 3.32. The maximum Gasteiger partial charge on any atom is 0.317 e. The number of piperidine rings is 1. The van der Waals surface area contributed by atoms with Crippen LogP contribution in [0.1, 0.15) is 39.5 Å². The lowest BCUT2D eigenvalue weighted by Crippen LogP contribution is -2.57. The first-order valence-electron chi connectivity index (χ1n) is 8.00. The highest BCUT2D eigenvalue weighted by molar-refractivity contribution is 5.74. The number of carbonyl (C=O) groups excluding carboxylic acids is 1. The summed E-state index contributed by atoms with van der Waals surface area (Å²) in [6.07, 6.45) is 4.01. The highest BCUT2D eigenvalue weighted by atomic mass is 16.4. The summed E-state index contributed by atoms with van der Waals surface area (Å²) in [6, 6.07) is 0.533. The number of hydrogen-bond acceptors (Lipinski definition) is 3. The minimum atomic E-state index is -0.786. The summed E-state index contributed by atoms with van der Waals surface area (Å²) in [5.41, 5.74) is 0. The highest BCUT2D eigenvalue weighted by Gasteiger charge is 2.35. The molecule has 2 rings (SSSR count). The molecule has 1 heterocycles. The topological polar surface area (TPSA) is 72.9 Å². The lowest BCUT2D eigenvalue weighted by molar-refractivity contribution is -0.139. The van der Waals surface area contributed by atoms with Crippen molar-refractivity contribution in [1.82, 2.24) is 15.1 Å². The van der Waals surface area contributed by atoms with E-state index in [4.69, 9.17) is 5.11 Å². The maximum absolute atomic E-state index is 12.2. The van der Waals surface area contributed by atoms with Crippen LogP contribution in [-0.2, 0) is 4.79 Å². The van der Waals surface area contributed by atoms with E-state index in [-0.39, 0.29) is 24.7 Å². The molecule has 6 heteroatoms. The van der Waals surface area contributed by atoms with E-state index >= 15 is 0 Å². The van der Waals surface area contributed by atoms with Crippen molar-refractivity contribution in [2.45, 2.75) is 51.6 Å². The Kier molecular flexibility index (Phi) is 5.45. The van der Waals surface area contributed by atoms with Crippen LogP contribution in [0.5, 0.6) is 0 Å². The summed E-state index contributed by atoms with van der Waals surface area (Å²) < 4.78 is 0. The number of carboxylic acids is 1. The van der Waals surface area contributed by atoms with Gasteiger partial charge in [0.05, 0.1) is 6.54 Å². The minimum Gasteiger partial charge on any atom is -0.480 e. The maximum atomic E-state index is 12.2. The number of carbonyl (C=O) groups is 2. The molecule has 2 aliphatic rings. The molecule has 0 spiro atoms. The first kappa shape index (κ1) is 16.1. The summed E-state index contributed by atoms with van der Waals surface area (Å²) in [5, 5.41) is 12.0. The third-order valence-electron chi connectivity index (χ3n) is 4.65. The van der Waals surface area contributed by atoms with Crippen molar-refractivity contribution in [3.63, 3.8) is 0 Å². The van der Waals surface area contributed by atoms with Crippen molar-refractivity contribution in [2.24, 2.45) is 5.92 Å². The minimum absolute atomic E-state index is 0.0475. The van der Waals surface area contributed by atoms with Gasteiger partial charge in [0.1, 0.15) is 0 Å². The van der Waals surface area contributed by atoms with Crippen LogP contribution in [-0.4, -0.2) is 65.2 Å². The predicted octanol–water partition coefficient (Wildman–Crippen LogP) is 1.37. The summed E-state index contributed by atoms with van der Waals surface area (Å²) in [5.74, 6) is -0.198. The number of aliphatic carboxylic acids is 1. The van der Waals surface area contributed by atoms with E-state index in [1.165, 1.54) is 6.42 Å². The number of rotatable bonds is 5. The number of carboxylic acid groups (broad SMARTS) is 1. The van der Waals surface area contributed by atoms with E-state index in [0.29, 0.717) is 5.92 Å². The van der Waals surface area contributed by atoms with E-state index in [2.05, 4.69) is 12.2 Å². The number of amides is 2. The van der Waals surface area contributed by atoms with E-state index in [9.17, 15) is 9.59 Å².